The molecular formula is C17H21NO6. The Kier molecular flexibility index (Phi) is 4.47. The smallest absolute Gasteiger partial charge is 0.407 e. The molecule has 1 heterocycles. The molecule has 0 radical (unpaired) electrons. The monoisotopic (exact) mass is 335 g/mol. The summed E-state index contributed by atoms with van der Waals surface area (Å²) in [6.45, 7) is 2.11. The van der Waals surface area contributed by atoms with Gasteiger partial charge in [0.2, 0.25) is 0 Å². The summed E-state index contributed by atoms with van der Waals surface area (Å²) in [5.74, 6) is 0.536. The van der Waals surface area contributed by atoms with E-state index in [9.17, 15) is 9.59 Å². The number of alkyl carbamates (subject to hydrolysis) is 1. The Morgan fingerprint density at radius 3 is 2.92 bits per heavy atom. The topological polar surface area (TPSA) is 87.0 Å². The van der Waals surface area contributed by atoms with Crippen molar-refractivity contribution in [2.24, 2.45) is 5.92 Å². The van der Waals surface area contributed by atoms with Gasteiger partial charge in [-0.05, 0) is 19.4 Å². The molecule has 130 valence electrons. The molecule has 0 fully saturated rings. The fourth-order valence-corrected chi connectivity index (χ4v) is 3.87. The standard InChI is InChI=1S/C17H21NO6/c1-10-6-11-7-13-12(4-5-14(19)24-13)17(8-10,18-16(20)22-3)15(11)23-9-21-2/h4-6,11,15H,7-9H2,1-3H3,(H,18,20)/t11-,15+,17-/m0/s1. The first-order valence-electron chi connectivity index (χ1n) is 7.77. The quantitative estimate of drug-likeness (QED) is 0.666. The lowest BCUT2D eigenvalue weighted by Gasteiger charge is -2.50. The predicted octanol–water partition coefficient (Wildman–Crippen LogP) is 1.70. The van der Waals surface area contributed by atoms with E-state index in [0.717, 1.165) is 11.1 Å². The highest BCUT2D eigenvalue weighted by molar-refractivity contribution is 5.69. The maximum atomic E-state index is 12.0. The van der Waals surface area contributed by atoms with Crippen LogP contribution in [0.1, 0.15) is 24.7 Å². The molecule has 3 rings (SSSR count). The van der Waals surface area contributed by atoms with E-state index in [2.05, 4.69) is 11.4 Å². The molecule has 0 unspecified atom stereocenters. The van der Waals surface area contributed by atoms with Gasteiger partial charge in [0.1, 0.15) is 18.1 Å². The first-order valence-corrected chi connectivity index (χ1v) is 7.77. The fourth-order valence-electron chi connectivity index (χ4n) is 3.87. The van der Waals surface area contributed by atoms with Crippen molar-refractivity contribution in [1.82, 2.24) is 5.32 Å². The van der Waals surface area contributed by atoms with Crippen LogP contribution in [0.25, 0.3) is 0 Å². The SMILES string of the molecule is COCO[C@@H]1[C@H]2C=C(C)C[C@]1(NC(=O)OC)c1ccc(=O)oc1C2. The number of fused-ring (bicyclic) bond motifs is 4. The van der Waals surface area contributed by atoms with Crippen LogP contribution in [0.2, 0.25) is 0 Å². The summed E-state index contributed by atoms with van der Waals surface area (Å²) in [6.07, 6.45) is 2.26. The molecule has 24 heavy (non-hydrogen) atoms. The van der Waals surface area contributed by atoms with Gasteiger partial charge in [-0.3, -0.25) is 0 Å². The van der Waals surface area contributed by atoms with E-state index in [1.807, 2.05) is 6.92 Å². The van der Waals surface area contributed by atoms with Gasteiger partial charge >= 0.3 is 11.7 Å². The zero-order valence-electron chi connectivity index (χ0n) is 14.0. The Balaban J connectivity index is 2.15. The second kappa shape index (κ2) is 6.41. The van der Waals surface area contributed by atoms with Crippen molar-refractivity contribution in [1.29, 1.82) is 0 Å². The molecule has 1 aromatic rings. The summed E-state index contributed by atoms with van der Waals surface area (Å²) < 4.78 is 21.2. The van der Waals surface area contributed by atoms with E-state index in [0.29, 0.717) is 18.6 Å². The lowest BCUT2D eigenvalue weighted by atomic mass is 9.64. The summed E-state index contributed by atoms with van der Waals surface area (Å²) in [5, 5.41) is 2.93. The average Bonchev–Trinajstić information content (AvgIpc) is 2.52. The van der Waals surface area contributed by atoms with Crippen molar-refractivity contribution in [2.45, 2.75) is 31.4 Å². The van der Waals surface area contributed by atoms with Crippen LogP contribution in [0.4, 0.5) is 4.79 Å². The van der Waals surface area contributed by atoms with Crippen molar-refractivity contribution < 1.29 is 23.4 Å². The largest absolute Gasteiger partial charge is 0.453 e. The Labute approximate surface area is 139 Å². The normalized spacial score (nSPS) is 27.9. The van der Waals surface area contributed by atoms with Crippen LogP contribution >= 0.6 is 0 Å². The van der Waals surface area contributed by atoms with Gasteiger partial charge in [-0.2, -0.15) is 0 Å². The van der Waals surface area contributed by atoms with Crippen LogP contribution in [0.5, 0.6) is 0 Å². The molecule has 7 heteroatoms. The molecule has 0 saturated carbocycles. The van der Waals surface area contributed by atoms with Crippen molar-refractivity contribution >= 4 is 6.09 Å². The number of ether oxygens (including phenoxy) is 3. The molecule has 1 aromatic heterocycles. The third-order valence-corrected chi connectivity index (χ3v) is 4.62. The Hall–Kier alpha value is -2.12. The minimum atomic E-state index is -0.861. The van der Waals surface area contributed by atoms with Gasteiger partial charge < -0.3 is 23.9 Å². The molecule has 3 atom stereocenters. The number of carbonyl (C=O) groups excluding carboxylic acids is 1. The van der Waals surface area contributed by atoms with Crippen LogP contribution in [0.15, 0.2) is 33.0 Å². The highest BCUT2D eigenvalue weighted by Crippen LogP contribution is 2.47. The van der Waals surface area contributed by atoms with Gasteiger partial charge in [-0.1, -0.05) is 11.6 Å². The van der Waals surface area contributed by atoms with E-state index < -0.39 is 17.3 Å². The fraction of sp³-hybridized carbons (Fsp3) is 0.529. The lowest BCUT2D eigenvalue weighted by Crippen LogP contribution is -2.61. The van der Waals surface area contributed by atoms with Gasteiger partial charge in [0.25, 0.3) is 0 Å². The minimum Gasteiger partial charge on any atom is -0.453 e. The van der Waals surface area contributed by atoms with Crippen molar-refractivity contribution in [2.75, 3.05) is 21.0 Å². The van der Waals surface area contributed by atoms with E-state index in [-0.39, 0.29) is 18.8 Å². The molecule has 7 nitrogen and oxygen atoms in total. The molecule has 2 aliphatic rings. The molecule has 1 amide bonds. The summed E-state index contributed by atoms with van der Waals surface area (Å²) in [7, 11) is 2.86. The number of amides is 1. The highest BCUT2D eigenvalue weighted by atomic mass is 16.7. The number of hydrogen-bond donors (Lipinski definition) is 1. The first kappa shape index (κ1) is 16.7. The van der Waals surface area contributed by atoms with Crippen LogP contribution < -0.4 is 10.9 Å². The van der Waals surface area contributed by atoms with Crippen LogP contribution in [-0.2, 0) is 26.2 Å². The molecule has 0 aromatic carbocycles. The van der Waals surface area contributed by atoms with Gasteiger partial charge in [0.05, 0.1) is 13.2 Å². The Morgan fingerprint density at radius 1 is 1.42 bits per heavy atom. The van der Waals surface area contributed by atoms with Crippen molar-refractivity contribution in [3.8, 4) is 0 Å². The lowest BCUT2D eigenvalue weighted by molar-refractivity contribution is -0.128. The minimum absolute atomic E-state index is 0.0379. The van der Waals surface area contributed by atoms with Gasteiger partial charge in [-0.15, -0.1) is 0 Å². The number of rotatable bonds is 4. The van der Waals surface area contributed by atoms with E-state index in [4.69, 9.17) is 18.6 Å². The van der Waals surface area contributed by atoms with Crippen LogP contribution in [-0.4, -0.2) is 33.2 Å². The van der Waals surface area contributed by atoms with Crippen LogP contribution in [0, 0.1) is 5.92 Å². The number of hydrogen-bond acceptors (Lipinski definition) is 6. The van der Waals surface area contributed by atoms with E-state index >= 15 is 0 Å². The third-order valence-electron chi connectivity index (χ3n) is 4.62. The molecule has 1 N–H and O–H groups in total. The molecule has 0 aliphatic heterocycles. The molecule has 2 aliphatic carbocycles. The summed E-state index contributed by atoms with van der Waals surface area (Å²) in [6, 6.07) is 3.07. The van der Waals surface area contributed by atoms with Gasteiger partial charge in [0.15, 0.2) is 0 Å². The second-order valence-corrected chi connectivity index (χ2v) is 6.23. The van der Waals surface area contributed by atoms with Gasteiger partial charge in [-0.25, -0.2) is 9.59 Å². The number of carbonyl (C=O) groups is 1. The third kappa shape index (κ3) is 2.74. The maximum Gasteiger partial charge on any atom is 0.407 e. The molecule has 0 spiro atoms. The van der Waals surface area contributed by atoms with Crippen LogP contribution in [0.3, 0.4) is 0 Å². The average molecular weight is 335 g/mol. The first-order chi connectivity index (χ1) is 11.5. The van der Waals surface area contributed by atoms with E-state index in [1.165, 1.54) is 13.2 Å². The Bertz CT molecular complexity index is 724. The maximum absolute atomic E-state index is 12.0. The molecular weight excluding hydrogens is 314 g/mol. The number of methoxy groups -OCH3 is 2. The van der Waals surface area contributed by atoms with E-state index in [1.54, 1.807) is 13.2 Å². The van der Waals surface area contributed by atoms with Crippen molar-refractivity contribution in [3.63, 3.8) is 0 Å². The predicted molar refractivity (Wildman–Crippen MR) is 84.5 cm³/mol. The molecule has 2 bridgehead atoms. The summed E-state index contributed by atoms with van der Waals surface area (Å²) in [5.41, 5.74) is 0.611. The van der Waals surface area contributed by atoms with Crippen molar-refractivity contribution in [3.05, 3.63) is 45.5 Å². The molecule has 0 saturated heterocycles. The summed E-state index contributed by atoms with van der Waals surface area (Å²) in [4.78, 5) is 23.7. The highest BCUT2D eigenvalue weighted by Gasteiger charge is 2.53. The second-order valence-electron chi connectivity index (χ2n) is 6.23. The summed E-state index contributed by atoms with van der Waals surface area (Å²) >= 11 is 0. The Morgan fingerprint density at radius 2 is 2.21 bits per heavy atom. The number of nitrogens with one attached hydrogen (secondary N) is 1. The zero-order chi connectivity index (χ0) is 17.3. The zero-order valence-corrected chi connectivity index (χ0v) is 14.0. The van der Waals surface area contributed by atoms with Gasteiger partial charge in [0, 0.05) is 31.1 Å².